The number of anilines is 1. The van der Waals surface area contributed by atoms with Gasteiger partial charge in [0.25, 0.3) is 0 Å². The number of hydrogen-bond acceptors (Lipinski definition) is 7. The van der Waals surface area contributed by atoms with Crippen molar-refractivity contribution in [3.63, 3.8) is 0 Å². The van der Waals surface area contributed by atoms with Gasteiger partial charge in [0.15, 0.2) is 5.65 Å². The molecule has 0 spiro atoms. The summed E-state index contributed by atoms with van der Waals surface area (Å²) in [5, 5.41) is 3.27. The van der Waals surface area contributed by atoms with Gasteiger partial charge in [-0.05, 0) is 31.0 Å². The molecular weight excluding hydrogens is 410 g/mol. The average Bonchev–Trinajstić information content (AvgIpc) is 3.51. The number of carbonyl (C=O) groups excluding carboxylic acids is 1. The summed E-state index contributed by atoms with van der Waals surface area (Å²) in [5.74, 6) is 0.601. The zero-order valence-corrected chi connectivity index (χ0v) is 17.2. The molecule has 6 rings (SSSR count). The Labute approximate surface area is 182 Å². The third-order valence-electron chi connectivity index (χ3n) is 5.74. The molecule has 9 heteroatoms. The summed E-state index contributed by atoms with van der Waals surface area (Å²) in [6, 6.07) is 14.6. The number of nitrogens with zero attached hydrogens (tertiary/aromatic N) is 4. The van der Waals surface area contributed by atoms with Crippen LogP contribution < -0.4 is 15.7 Å². The summed E-state index contributed by atoms with van der Waals surface area (Å²) in [7, 11) is 1.57. The lowest BCUT2D eigenvalue weighted by atomic mass is 10.1. The van der Waals surface area contributed by atoms with Gasteiger partial charge in [-0.15, -0.1) is 0 Å². The number of ether oxygens (including phenoxy) is 2. The third kappa shape index (κ3) is 2.85. The van der Waals surface area contributed by atoms with Gasteiger partial charge in [0.05, 0.1) is 24.6 Å². The molecule has 3 heterocycles. The molecular formula is C23H19N5O4. The van der Waals surface area contributed by atoms with E-state index in [0.717, 1.165) is 12.8 Å². The molecule has 1 aliphatic carbocycles. The van der Waals surface area contributed by atoms with Crippen molar-refractivity contribution < 1.29 is 14.3 Å². The SMILES string of the molecule is COc1cccc(-n2c(=O)n(C3OC(=O)c4ccccc43)c3cnc(NC4CC4)nc32)c1. The van der Waals surface area contributed by atoms with E-state index in [2.05, 4.69) is 15.3 Å². The van der Waals surface area contributed by atoms with Crippen molar-refractivity contribution in [1.29, 1.82) is 0 Å². The van der Waals surface area contributed by atoms with Crippen LogP contribution in [-0.4, -0.2) is 38.2 Å². The Morgan fingerprint density at radius 1 is 1.12 bits per heavy atom. The van der Waals surface area contributed by atoms with Crippen molar-refractivity contribution in [2.24, 2.45) is 0 Å². The minimum atomic E-state index is -0.897. The van der Waals surface area contributed by atoms with Crippen LogP contribution >= 0.6 is 0 Å². The fourth-order valence-electron chi connectivity index (χ4n) is 4.01. The summed E-state index contributed by atoms with van der Waals surface area (Å²) in [5.41, 5.74) is 2.16. The van der Waals surface area contributed by atoms with E-state index in [-0.39, 0.29) is 5.69 Å². The number of rotatable bonds is 5. The predicted octanol–water partition coefficient (Wildman–Crippen LogP) is 2.88. The lowest BCUT2D eigenvalue weighted by Crippen LogP contribution is -2.27. The van der Waals surface area contributed by atoms with E-state index in [4.69, 9.17) is 9.47 Å². The smallest absolute Gasteiger partial charge is 0.340 e. The number of carbonyl (C=O) groups is 1. The molecule has 1 fully saturated rings. The predicted molar refractivity (Wildman–Crippen MR) is 116 cm³/mol. The van der Waals surface area contributed by atoms with Gasteiger partial charge in [-0.3, -0.25) is 0 Å². The summed E-state index contributed by atoms with van der Waals surface area (Å²) >= 11 is 0. The standard InChI is InChI=1S/C23H19N5O4/c1-31-15-6-4-5-14(11-15)27-19-18(12-24-22(26-19)25-13-9-10-13)28(23(27)30)20-16-7-2-3-8-17(16)21(29)32-20/h2-8,11-13,20H,9-10H2,1H3,(H,24,25,26). The monoisotopic (exact) mass is 429 g/mol. The minimum absolute atomic E-state index is 0.356. The Bertz CT molecular complexity index is 1440. The molecule has 1 aliphatic heterocycles. The zero-order chi connectivity index (χ0) is 21.8. The summed E-state index contributed by atoms with van der Waals surface area (Å²) < 4.78 is 13.9. The third-order valence-corrected chi connectivity index (χ3v) is 5.74. The highest BCUT2D eigenvalue weighted by Crippen LogP contribution is 2.34. The number of aromatic nitrogens is 4. The summed E-state index contributed by atoms with van der Waals surface area (Å²) in [4.78, 5) is 35.2. The van der Waals surface area contributed by atoms with Gasteiger partial charge in [-0.25, -0.2) is 23.7 Å². The van der Waals surface area contributed by atoms with E-state index in [1.807, 2.05) is 6.07 Å². The van der Waals surface area contributed by atoms with Crippen molar-refractivity contribution in [2.75, 3.05) is 12.4 Å². The molecule has 2 aromatic heterocycles. The van der Waals surface area contributed by atoms with Gasteiger partial charge in [-0.2, -0.15) is 4.98 Å². The Kier molecular flexibility index (Phi) is 4.04. The van der Waals surface area contributed by atoms with Crippen molar-refractivity contribution in [2.45, 2.75) is 25.1 Å². The van der Waals surface area contributed by atoms with Crippen LogP contribution in [0.3, 0.4) is 0 Å². The molecule has 0 saturated heterocycles. The molecule has 0 amide bonds. The van der Waals surface area contributed by atoms with Crippen molar-refractivity contribution in [1.82, 2.24) is 19.1 Å². The molecule has 4 aromatic rings. The summed E-state index contributed by atoms with van der Waals surface area (Å²) in [6.45, 7) is 0. The molecule has 1 unspecified atom stereocenters. The molecule has 1 atom stereocenters. The molecule has 160 valence electrons. The van der Waals surface area contributed by atoms with Gasteiger partial charge >= 0.3 is 11.7 Å². The summed E-state index contributed by atoms with van der Waals surface area (Å²) in [6.07, 6.45) is 2.84. The zero-order valence-electron chi connectivity index (χ0n) is 17.2. The van der Waals surface area contributed by atoms with E-state index in [9.17, 15) is 9.59 Å². The number of benzene rings is 2. The Balaban J connectivity index is 1.60. The quantitative estimate of drug-likeness (QED) is 0.487. The van der Waals surface area contributed by atoms with Crippen LogP contribution in [0.5, 0.6) is 5.75 Å². The molecule has 0 bridgehead atoms. The Morgan fingerprint density at radius 3 is 2.78 bits per heavy atom. The lowest BCUT2D eigenvalue weighted by Gasteiger charge is -2.12. The first-order chi connectivity index (χ1) is 15.6. The molecule has 2 aromatic carbocycles. The molecule has 9 nitrogen and oxygen atoms in total. The van der Waals surface area contributed by atoms with Crippen LogP contribution in [-0.2, 0) is 4.74 Å². The van der Waals surface area contributed by atoms with Gasteiger partial charge in [0, 0.05) is 17.7 Å². The molecule has 0 radical (unpaired) electrons. The van der Waals surface area contributed by atoms with Crippen LogP contribution in [0.15, 0.2) is 59.5 Å². The van der Waals surface area contributed by atoms with E-state index in [1.54, 1.807) is 55.8 Å². The number of cyclic esters (lactones) is 1. The highest BCUT2D eigenvalue weighted by atomic mass is 16.6. The van der Waals surface area contributed by atoms with Gasteiger partial charge in [0.2, 0.25) is 12.2 Å². The molecule has 1 N–H and O–H groups in total. The maximum atomic E-state index is 13.7. The second-order valence-electron chi connectivity index (χ2n) is 7.86. The minimum Gasteiger partial charge on any atom is -0.497 e. The maximum Gasteiger partial charge on any atom is 0.340 e. The largest absolute Gasteiger partial charge is 0.497 e. The highest BCUT2D eigenvalue weighted by Gasteiger charge is 2.35. The van der Waals surface area contributed by atoms with E-state index >= 15 is 0 Å². The van der Waals surface area contributed by atoms with Gasteiger partial charge in [0.1, 0.15) is 11.3 Å². The molecule has 1 saturated carbocycles. The van der Waals surface area contributed by atoms with Crippen molar-refractivity contribution in [3.8, 4) is 11.4 Å². The van der Waals surface area contributed by atoms with Crippen LogP contribution in [0.2, 0.25) is 0 Å². The fraction of sp³-hybridized carbons (Fsp3) is 0.217. The second-order valence-corrected chi connectivity index (χ2v) is 7.86. The highest BCUT2D eigenvalue weighted by molar-refractivity contribution is 5.94. The first-order valence-corrected chi connectivity index (χ1v) is 10.3. The van der Waals surface area contributed by atoms with Crippen molar-refractivity contribution in [3.05, 3.63) is 76.3 Å². The van der Waals surface area contributed by atoms with Crippen LogP contribution in [0.1, 0.15) is 35.0 Å². The van der Waals surface area contributed by atoms with Crippen LogP contribution in [0.4, 0.5) is 5.95 Å². The second kappa shape index (κ2) is 6.94. The van der Waals surface area contributed by atoms with Gasteiger partial charge in [-0.1, -0.05) is 24.3 Å². The van der Waals surface area contributed by atoms with Gasteiger partial charge < -0.3 is 14.8 Å². The number of fused-ring (bicyclic) bond motifs is 2. The number of esters is 1. The van der Waals surface area contributed by atoms with Crippen molar-refractivity contribution >= 4 is 23.1 Å². The van der Waals surface area contributed by atoms with Crippen LogP contribution in [0, 0.1) is 0 Å². The van der Waals surface area contributed by atoms with Crippen LogP contribution in [0.25, 0.3) is 16.9 Å². The Morgan fingerprint density at radius 2 is 1.97 bits per heavy atom. The first kappa shape index (κ1) is 18.6. The van der Waals surface area contributed by atoms with E-state index in [1.165, 1.54) is 9.13 Å². The average molecular weight is 429 g/mol. The number of nitrogens with one attached hydrogen (secondary N) is 1. The number of methoxy groups -OCH3 is 1. The maximum absolute atomic E-state index is 13.7. The Hall–Kier alpha value is -4.14. The number of imidazole rings is 1. The van der Waals surface area contributed by atoms with E-state index in [0.29, 0.717) is 45.7 Å². The molecule has 32 heavy (non-hydrogen) atoms. The first-order valence-electron chi connectivity index (χ1n) is 10.3. The normalized spacial score (nSPS) is 17.3. The van der Waals surface area contributed by atoms with E-state index < -0.39 is 12.2 Å². The topological polar surface area (TPSA) is 100 Å². The number of hydrogen-bond donors (Lipinski definition) is 1. The fourth-order valence-corrected chi connectivity index (χ4v) is 4.01. The molecule has 2 aliphatic rings. The lowest BCUT2D eigenvalue weighted by molar-refractivity contribution is 0.0323.